The standard InChI is InChI=1S/C29H40N2O8/c1-9-19(2)29(18-30,22-17-25(36-5)27(38-7)28(39-8)26(22)37-6)14-10-11-21(31(32)33)15-20-12-13-23(34-3)24(16-20)35-4/h12-13,16-17,19,21H,9-11,14-15H2,1-8H3. The molecule has 0 fully saturated rings. The van der Waals surface area contributed by atoms with Crippen LogP contribution >= 0.6 is 0 Å². The third-order valence-corrected chi connectivity index (χ3v) is 7.45. The van der Waals surface area contributed by atoms with Crippen molar-refractivity contribution in [3.63, 3.8) is 0 Å². The van der Waals surface area contributed by atoms with E-state index in [0.29, 0.717) is 59.3 Å². The summed E-state index contributed by atoms with van der Waals surface area (Å²) in [6.07, 6.45) is 2.04. The molecule has 2 rings (SSSR count). The molecule has 0 N–H and O–H groups in total. The van der Waals surface area contributed by atoms with Crippen molar-refractivity contribution >= 4 is 0 Å². The first-order chi connectivity index (χ1) is 18.7. The normalized spacial score (nSPS) is 13.8. The molecule has 0 saturated heterocycles. The molecule has 3 unspecified atom stereocenters. The van der Waals surface area contributed by atoms with Gasteiger partial charge in [0, 0.05) is 23.3 Å². The van der Waals surface area contributed by atoms with E-state index in [1.54, 1.807) is 31.4 Å². The lowest BCUT2D eigenvalue weighted by atomic mass is 9.67. The predicted molar refractivity (Wildman–Crippen MR) is 147 cm³/mol. The maximum atomic E-state index is 12.0. The van der Waals surface area contributed by atoms with Crippen LogP contribution in [-0.4, -0.2) is 53.6 Å². The Morgan fingerprint density at radius 1 is 0.897 bits per heavy atom. The fraction of sp³-hybridized carbons (Fsp3) is 0.552. The minimum atomic E-state index is -1.02. The molecule has 0 aliphatic heterocycles. The van der Waals surface area contributed by atoms with Gasteiger partial charge in [-0.2, -0.15) is 5.26 Å². The van der Waals surface area contributed by atoms with E-state index >= 15 is 0 Å². The number of nitro groups is 1. The Kier molecular flexibility index (Phi) is 11.5. The molecule has 0 saturated carbocycles. The molecule has 0 amide bonds. The number of hydrogen-bond acceptors (Lipinski definition) is 9. The Morgan fingerprint density at radius 3 is 2.00 bits per heavy atom. The summed E-state index contributed by atoms with van der Waals surface area (Å²) in [7, 11) is 9.09. The van der Waals surface area contributed by atoms with Crippen LogP contribution in [0.4, 0.5) is 0 Å². The third-order valence-electron chi connectivity index (χ3n) is 7.45. The number of nitriles is 1. The van der Waals surface area contributed by atoms with E-state index in [2.05, 4.69) is 6.07 Å². The van der Waals surface area contributed by atoms with E-state index < -0.39 is 11.5 Å². The quantitative estimate of drug-likeness (QED) is 0.196. The molecule has 10 nitrogen and oxygen atoms in total. The summed E-state index contributed by atoms with van der Waals surface area (Å²) in [4.78, 5) is 11.8. The highest BCUT2D eigenvalue weighted by Gasteiger charge is 2.42. The Hall–Kier alpha value is -3.87. The van der Waals surface area contributed by atoms with Crippen molar-refractivity contribution in [2.45, 2.75) is 57.4 Å². The summed E-state index contributed by atoms with van der Waals surface area (Å²) >= 11 is 0. The van der Waals surface area contributed by atoms with Crippen LogP contribution in [0.3, 0.4) is 0 Å². The molecular formula is C29H40N2O8. The topological polar surface area (TPSA) is 122 Å². The monoisotopic (exact) mass is 544 g/mol. The van der Waals surface area contributed by atoms with Crippen molar-refractivity contribution in [3.8, 4) is 40.6 Å². The molecule has 0 aliphatic carbocycles. The first-order valence-electron chi connectivity index (χ1n) is 12.8. The van der Waals surface area contributed by atoms with Gasteiger partial charge in [-0.3, -0.25) is 10.1 Å². The molecule has 0 spiro atoms. The van der Waals surface area contributed by atoms with E-state index in [-0.39, 0.29) is 23.7 Å². The van der Waals surface area contributed by atoms with Crippen molar-refractivity contribution < 1.29 is 33.3 Å². The van der Waals surface area contributed by atoms with Crippen molar-refractivity contribution in [1.29, 1.82) is 5.26 Å². The van der Waals surface area contributed by atoms with Crippen LogP contribution in [0.1, 0.15) is 50.7 Å². The first kappa shape index (κ1) is 31.3. The second-order valence-corrected chi connectivity index (χ2v) is 9.34. The first-order valence-corrected chi connectivity index (χ1v) is 12.8. The zero-order chi connectivity index (χ0) is 29.2. The fourth-order valence-electron chi connectivity index (χ4n) is 5.06. The molecule has 3 atom stereocenters. The fourth-order valence-corrected chi connectivity index (χ4v) is 5.06. The highest BCUT2D eigenvalue weighted by atomic mass is 16.6. The van der Waals surface area contributed by atoms with Crippen molar-refractivity contribution in [2.75, 3.05) is 42.7 Å². The summed E-state index contributed by atoms with van der Waals surface area (Å²) in [6.45, 7) is 4.01. The Balaban J connectivity index is 2.45. The molecule has 0 radical (unpaired) electrons. The lowest BCUT2D eigenvalue weighted by Crippen LogP contribution is -2.33. The van der Waals surface area contributed by atoms with Crippen molar-refractivity contribution in [3.05, 3.63) is 45.5 Å². The third kappa shape index (κ3) is 6.59. The average Bonchev–Trinajstić information content (AvgIpc) is 2.96. The average molecular weight is 545 g/mol. The summed E-state index contributed by atoms with van der Waals surface area (Å²) in [6, 6.07) is 8.77. The van der Waals surface area contributed by atoms with Crippen LogP contribution in [0.15, 0.2) is 24.3 Å². The van der Waals surface area contributed by atoms with Gasteiger partial charge >= 0.3 is 0 Å². The van der Waals surface area contributed by atoms with Gasteiger partial charge in [-0.1, -0.05) is 26.3 Å². The van der Waals surface area contributed by atoms with Crippen LogP contribution in [0, 0.1) is 27.4 Å². The van der Waals surface area contributed by atoms with Gasteiger partial charge in [0.05, 0.1) is 54.1 Å². The second kappa shape index (κ2) is 14.3. The second-order valence-electron chi connectivity index (χ2n) is 9.34. The Labute approximate surface area is 230 Å². The molecule has 0 aromatic heterocycles. The summed E-state index contributed by atoms with van der Waals surface area (Å²) in [5, 5.41) is 22.7. The smallest absolute Gasteiger partial charge is 0.217 e. The lowest BCUT2D eigenvalue weighted by Gasteiger charge is -2.35. The lowest BCUT2D eigenvalue weighted by molar-refractivity contribution is -0.523. The highest BCUT2D eigenvalue weighted by Crippen LogP contribution is 2.53. The minimum absolute atomic E-state index is 0.0980. The van der Waals surface area contributed by atoms with Crippen molar-refractivity contribution in [1.82, 2.24) is 0 Å². The maximum absolute atomic E-state index is 12.0. The number of nitrogens with zero attached hydrogens (tertiary/aromatic N) is 2. The molecule has 0 bridgehead atoms. The van der Waals surface area contributed by atoms with Gasteiger partial charge < -0.3 is 28.4 Å². The van der Waals surface area contributed by atoms with Crippen LogP contribution in [0.25, 0.3) is 0 Å². The minimum Gasteiger partial charge on any atom is -0.493 e. The van der Waals surface area contributed by atoms with Gasteiger partial charge in [-0.15, -0.1) is 0 Å². The van der Waals surface area contributed by atoms with E-state index in [1.807, 2.05) is 13.8 Å². The van der Waals surface area contributed by atoms with Gasteiger partial charge in [0.2, 0.25) is 17.5 Å². The number of hydrogen-bond donors (Lipinski definition) is 0. The molecule has 2 aromatic rings. The Morgan fingerprint density at radius 2 is 1.51 bits per heavy atom. The highest BCUT2D eigenvalue weighted by molar-refractivity contribution is 5.65. The van der Waals surface area contributed by atoms with Crippen molar-refractivity contribution in [2.24, 2.45) is 5.92 Å². The summed E-state index contributed by atoms with van der Waals surface area (Å²) in [5.74, 6) is 2.46. The number of ether oxygens (including phenoxy) is 6. The largest absolute Gasteiger partial charge is 0.493 e. The molecule has 214 valence electrons. The van der Waals surface area contributed by atoms with E-state index in [1.165, 1.54) is 35.5 Å². The summed E-state index contributed by atoms with van der Waals surface area (Å²) in [5.41, 5.74) is 0.361. The van der Waals surface area contributed by atoms with Gasteiger partial charge in [-0.25, -0.2) is 0 Å². The zero-order valence-corrected chi connectivity index (χ0v) is 24.2. The van der Waals surface area contributed by atoms with Gasteiger partial charge in [0.25, 0.3) is 0 Å². The number of benzene rings is 2. The van der Waals surface area contributed by atoms with Crippen LogP contribution in [0.5, 0.6) is 34.5 Å². The maximum Gasteiger partial charge on any atom is 0.217 e. The molecule has 2 aromatic carbocycles. The van der Waals surface area contributed by atoms with Gasteiger partial charge in [0.1, 0.15) is 0 Å². The molecule has 0 heterocycles. The van der Waals surface area contributed by atoms with Crippen LogP contribution < -0.4 is 28.4 Å². The number of rotatable bonds is 16. The van der Waals surface area contributed by atoms with Gasteiger partial charge in [0.15, 0.2) is 23.0 Å². The predicted octanol–water partition coefficient (Wildman–Crippen LogP) is 5.60. The molecule has 10 heteroatoms. The molecular weight excluding hydrogens is 504 g/mol. The van der Waals surface area contributed by atoms with E-state index in [9.17, 15) is 15.4 Å². The SMILES string of the molecule is CCC(C)C(C#N)(CCCC(Cc1ccc(OC)c(OC)c1)[N+](=O)[O-])c1cc(OC)c(OC)c(OC)c1OC. The summed E-state index contributed by atoms with van der Waals surface area (Å²) < 4.78 is 33.1. The molecule has 0 aliphatic rings. The number of methoxy groups -OCH3 is 6. The van der Waals surface area contributed by atoms with Gasteiger partial charge in [-0.05, 0) is 42.5 Å². The van der Waals surface area contributed by atoms with Crippen LogP contribution in [0.2, 0.25) is 0 Å². The van der Waals surface area contributed by atoms with E-state index in [0.717, 1.165) is 5.56 Å². The van der Waals surface area contributed by atoms with E-state index in [4.69, 9.17) is 28.4 Å². The molecule has 39 heavy (non-hydrogen) atoms. The van der Waals surface area contributed by atoms with Crippen LogP contribution in [-0.2, 0) is 11.8 Å². The Bertz CT molecular complexity index is 1160. The zero-order valence-electron chi connectivity index (χ0n) is 24.2.